The highest BCUT2D eigenvalue weighted by molar-refractivity contribution is 4.94. The molecule has 108 valence electrons. The van der Waals surface area contributed by atoms with Gasteiger partial charge in [0, 0.05) is 12.1 Å². The van der Waals surface area contributed by atoms with Crippen LogP contribution in [0.2, 0.25) is 0 Å². The Kier molecular flexibility index (Phi) is 5.29. The Bertz CT molecular complexity index is 254. The number of hydrogen-bond donors (Lipinski definition) is 1. The first-order chi connectivity index (χ1) is 8.12. The van der Waals surface area contributed by atoms with E-state index in [-0.39, 0.29) is 0 Å². The van der Waals surface area contributed by atoms with Crippen molar-refractivity contribution in [3.8, 4) is 0 Å². The molecule has 0 amide bonds. The Labute approximate surface area is 115 Å². The quantitative estimate of drug-likeness (QED) is 0.726. The SMILES string of the molecule is CC(C)CCC1(C)CC(NC(C)C)CC(C)(C)C1. The second-order valence-electron chi connectivity index (χ2n) is 8.51. The topological polar surface area (TPSA) is 12.0 Å². The van der Waals surface area contributed by atoms with Crippen LogP contribution in [0.1, 0.15) is 80.6 Å². The van der Waals surface area contributed by atoms with Crippen LogP contribution >= 0.6 is 0 Å². The summed E-state index contributed by atoms with van der Waals surface area (Å²) in [5.74, 6) is 0.836. The van der Waals surface area contributed by atoms with Gasteiger partial charge in [-0.25, -0.2) is 0 Å². The predicted molar refractivity (Wildman–Crippen MR) is 81.9 cm³/mol. The Morgan fingerprint density at radius 3 is 2.17 bits per heavy atom. The summed E-state index contributed by atoms with van der Waals surface area (Å²) in [6, 6.07) is 1.32. The van der Waals surface area contributed by atoms with E-state index in [1.807, 2.05) is 0 Å². The van der Waals surface area contributed by atoms with E-state index in [1.165, 1.54) is 32.1 Å². The zero-order chi connectivity index (χ0) is 14.0. The molecule has 0 aromatic carbocycles. The second-order valence-corrected chi connectivity index (χ2v) is 8.51. The van der Waals surface area contributed by atoms with Crippen LogP contribution in [0.3, 0.4) is 0 Å². The van der Waals surface area contributed by atoms with E-state index in [1.54, 1.807) is 0 Å². The minimum absolute atomic E-state index is 0.497. The zero-order valence-corrected chi connectivity index (χ0v) is 13.8. The molecule has 0 bridgehead atoms. The average Bonchev–Trinajstić information content (AvgIpc) is 2.10. The zero-order valence-electron chi connectivity index (χ0n) is 13.8. The molecule has 0 aliphatic heterocycles. The molecular weight excluding hydrogens is 218 g/mol. The van der Waals surface area contributed by atoms with Crippen LogP contribution < -0.4 is 5.32 Å². The summed E-state index contributed by atoms with van der Waals surface area (Å²) >= 11 is 0. The van der Waals surface area contributed by atoms with Crippen molar-refractivity contribution in [2.24, 2.45) is 16.7 Å². The molecule has 1 heteroatoms. The minimum Gasteiger partial charge on any atom is -0.312 e. The summed E-state index contributed by atoms with van der Waals surface area (Å²) in [5.41, 5.74) is 1.04. The highest BCUT2D eigenvalue weighted by Crippen LogP contribution is 2.48. The Balaban J connectivity index is 2.66. The van der Waals surface area contributed by atoms with Crippen LogP contribution in [0.15, 0.2) is 0 Å². The third-order valence-electron chi connectivity index (χ3n) is 4.34. The molecule has 0 spiro atoms. The lowest BCUT2D eigenvalue weighted by atomic mass is 9.61. The summed E-state index contributed by atoms with van der Waals surface area (Å²) in [4.78, 5) is 0. The Hall–Kier alpha value is -0.0400. The molecule has 1 nitrogen and oxygen atoms in total. The van der Waals surface area contributed by atoms with Crippen molar-refractivity contribution in [1.29, 1.82) is 0 Å². The van der Waals surface area contributed by atoms with E-state index >= 15 is 0 Å². The normalized spacial score (nSPS) is 32.2. The van der Waals surface area contributed by atoms with Gasteiger partial charge in [0.15, 0.2) is 0 Å². The average molecular weight is 253 g/mol. The maximum Gasteiger partial charge on any atom is 0.00796 e. The molecular formula is C17H35N. The molecule has 0 aromatic rings. The molecule has 1 N–H and O–H groups in total. The fraction of sp³-hybridized carbons (Fsp3) is 1.00. The van der Waals surface area contributed by atoms with E-state index in [2.05, 4.69) is 53.8 Å². The lowest BCUT2D eigenvalue weighted by molar-refractivity contribution is 0.0570. The van der Waals surface area contributed by atoms with Gasteiger partial charge in [-0.1, -0.05) is 54.9 Å². The van der Waals surface area contributed by atoms with E-state index in [0.29, 0.717) is 22.9 Å². The van der Waals surface area contributed by atoms with Crippen molar-refractivity contribution < 1.29 is 0 Å². The maximum atomic E-state index is 3.78. The monoisotopic (exact) mass is 253 g/mol. The Morgan fingerprint density at radius 2 is 1.67 bits per heavy atom. The van der Waals surface area contributed by atoms with Gasteiger partial charge in [0.25, 0.3) is 0 Å². The van der Waals surface area contributed by atoms with Crippen LogP contribution in [0.5, 0.6) is 0 Å². The van der Waals surface area contributed by atoms with Gasteiger partial charge in [0.2, 0.25) is 0 Å². The maximum absolute atomic E-state index is 3.78. The van der Waals surface area contributed by atoms with Gasteiger partial charge >= 0.3 is 0 Å². The minimum atomic E-state index is 0.497. The fourth-order valence-corrected chi connectivity index (χ4v) is 4.05. The highest BCUT2D eigenvalue weighted by Gasteiger charge is 2.40. The molecule has 18 heavy (non-hydrogen) atoms. The lowest BCUT2D eigenvalue weighted by Gasteiger charge is -2.48. The van der Waals surface area contributed by atoms with Gasteiger partial charge in [-0.2, -0.15) is 0 Å². The molecule has 1 aliphatic carbocycles. The molecule has 1 aliphatic rings. The van der Waals surface area contributed by atoms with Gasteiger partial charge < -0.3 is 5.32 Å². The molecule has 0 heterocycles. The van der Waals surface area contributed by atoms with Gasteiger partial charge in [0.05, 0.1) is 0 Å². The summed E-state index contributed by atoms with van der Waals surface area (Å²) in [6.45, 7) is 16.7. The Morgan fingerprint density at radius 1 is 1.06 bits per heavy atom. The fourth-order valence-electron chi connectivity index (χ4n) is 4.05. The number of rotatable bonds is 5. The van der Waals surface area contributed by atoms with Crippen LogP contribution in [0.25, 0.3) is 0 Å². The van der Waals surface area contributed by atoms with Crippen LogP contribution in [-0.2, 0) is 0 Å². The van der Waals surface area contributed by atoms with E-state index in [9.17, 15) is 0 Å². The third-order valence-corrected chi connectivity index (χ3v) is 4.34. The van der Waals surface area contributed by atoms with Crippen LogP contribution in [-0.4, -0.2) is 12.1 Å². The molecule has 1 rings (SSSR count). The standard InChI is InChI=1S/C17H35N/c1-13(2)8-9-17(7)11-15(18-14(3)4)10-16(5,6)12-17/h13-15,18H,8-12H2,1-7H3. The first-order valence-corrected chi connectivity index (χ1v) is 7.88. The number of hydrogen-bond acceptors (Lipinski definition) is 1. The molecule has 2 atom stereocenters. The first-order valence-electron chi connectivity index (χ1n) is 7.88. The highest BCUT2D eigenvalue weighted by atomic mass is 14.9. The number of nitrogens with one attached hydrogen (secondary N) is 1. The molecule has 0 saturated heterocycles. The summed E-state index contributed by atoms with van der Waals surface area (Å²) in [6.07, 6.45) is 6.86. The largest absolute Gasteiger partial charge is 0.312 e. The molecule has 1 saturated carbocycles. The van der Waals surface area contributed by atoms with Gasteiger partial charge in [-0.05, 0) is 42.4 Å². The van der Waals surface area contributed by atoms with Gasteiger partial charge in [0.1, 0.15) is 0 Å². The van der Waals surface area contributed by atoms with Crippen LogP contribution in [0, 0.1) is 16.7 Å². The smallest absolute Gasteiger partial charge is 0.00796 e. The molecule has 0 aromatic heterocycles. The third kappa shape index (κ3) is 5.30. The van der Waals surface area contributed by atoms with Crippen molar-refractivity contribution >= 4 is 0 Å². The summed E-state index contributed by atoms with van der Waals surface area (Å²) in [7, 11) is 0. The summed E-state index contributed by atoms with van der Waals surface area (Å²) < 4.78 is 0. The molecule has 1 fully saturated rings. The van der Waals surface area contributed by atoms with E-state index in [4.69, 9.17) is 0 Å². The van der Waals surface area contributed by atoms with Gasteiger partial charge in [-0.3, -0.25) is 0 Å². The van der Waals surface area contributed by atoms with Gasteiger partial charge in [-0.15, -0.1) is 0 Å². The summed E-state index contributed by atoms with van der Waals surface area (Å²) in [5, 5.41) is 3.78. The van der Waals surface area contributed by atoms with Crippen molar-refractivity contribution in [1.82, 2.24) is 5.32 Å². The second kappa shape index (κ2) is 5.94. The lowest BCUT2D eigenvalue weighted by Crippen LogP contribution is -2.47. The van der Waals surface area contributed by atoms with Crippen molar-refractivity contribution in [3.05, 3.63) is 0 Å². The molecule has 2 unspecified atom stereocenters. The first kappa shape index (κ1) is 16.0. The van der Waals surface area contributed by atoms with Crippen molar-refractivity contribution in [2.75, 3.05) is 0 Å². The van der Waals surface area contributed by atoms with Crippen LogP contribution in [0.4, 0.5) is 0 Å². The van der Waals surface area contributed by atoms with E-state index < -0.39 is 0 Å². The predicted octanol–water partition coefficient (Wildman–Crippen LogP) is 5.01. The van der Waals surface area contributed by atoms with Crippen molar-refractivity contribution in [2.45, 2.75) is 92.7 Å². The van der Waals surface area contributed by atoms with Crippen molar-refractivity contribution in [3.63, 3.8) is 0 Å². The molecule has 0 radical (unpaired) electrons. The van der Waals surface area contributed by atoms with E-state index in [0.717, 1.165) is 5.92 Å².